The molecule has 2 atom stereocenters. The second kappa shape index (κ2) is 6.85. The molecule has 1 aliphatic rings. The molecule has 1 aromatic rings. The summed E-state index contributed by atoms with van der Waals surface area (Å²) in [5.41, 5.74) is 0.331. The number of sulfonamides is 1. The van der Waals surface area contributed by atoms with Crippen molar-refractivity contribution in [1.82, 2.24) is 10.0 Å². The molecule has 1 fully saturated rings. The molecule has 2 N–H and O–H groups in total. The van der Waals surface area contributed by atoms with Crippen molar-refractivity contribution in [3.05, 3.63) is 29.6 Å². The molecule has 20 heavy (non-hydrogen) atoms. The van der Waals surface area contributed by atoms with Crippen LogP contribution in [0.15, 0.2) is 23.1 Å². The van der Waals surface area contributed by atoms with Crippen LogP contribution in [0.5, 0.6) is 0 Å². The summed E-state index contributed by atoms with van der Waals surface area (Å²) in [6.07, 6.45) is 1.76. The van der Waals surface area contributed by atoms with Gasteiger partial charge in [-0.05, 0) is 57.0 Å². The molecule has 0 bridgehead atoms. The average Bonchev–Trinajstić information content (AvgIpc) is 2.35. The number of aryl methyl sites for hydroxylation is 1. The number of piperidine rings is 1. The van der Waals surface area contributed by atoms with Gasteiger partial charge in [-0.15, -0.1) is 12.4 Å². The van der Waals surface area contributed by atoms with Crippen LogP contribution in [-0.4, -0.2) is 27.0 Å². The number of hydrogen-bond donors (Lipinski definition) is 2. The molecule has 2 rings (SSSR count). The molecule has 114 valence electrons. The van der Waals surface area contributed by atoms with Crippen LogP contribution in [0.3, 0.4) is 0 Å². The molecular formula is C13H20ClFN2O2S. The predicted octanol–water partition coefficient (Wildman–Crippen LogP) is 1.97. The van der Waals surface area contributed by atoms with Crippen LogP contribution in [0.25, 0.3) is 0 Å². The highest BCUT2D eigenvalue weighted by Crippen LogP contribution is 2.17. The first-order chi connectivity index (χ1) is 8.90. The fourth-order valence-electron chi connectivity index (χ4n) is 2.26. The number of rotatable bonds is 3. The van der Waals surface area contributed by atoms with E-state index in [1.165, 1.54) is 18.2 Å². The van der Waals surface area contributed by atoms with Crippen molar-refractivity contribution in [3.8, 4) is 0 Å². The first kappa shape index (κ1) is 17.4. The van der Waals surface area contributed by atoms with E-state index in [9.17, 15) is 12.8 Å². The van der Waals surface area contributed by atoms with Gasteiger partial charge in [-0.3, -0.25) is 0 Å². The summed E-state index contributed by atoms with van der Waals surface area (Å²) in [4.78, 5) is 0.115. The standard InChI is InChI=1S/C13H19FN2O2S.ClH/c1-9-8-11(5-6-12(9)14)19(17,18)16-13-4-3-7-15-10(13)2;/h5-6,8,10,13,15-16H,3-4,7H2,1-2H3;1H. The average molecular weight is 323 g/mol. The minimum Gasteiger partial charge on any atom is -0.313 e. The fraction of sp³-hybridized carbons (Fsp3) is 0.538. The van der Waals surface area contributed by atoms with E-state index in [4.69, 9.17) is 0 Å². The minimum absolute atomic E-state index is 0. The Morgan fingerprint density at radius 1 is 1.40 bits per heavy atom. The van der Waals surface area contributed by atoms with Gasteiger partial charge in [0.05, 0.1) is 4.90 Å². The normalized spacial score (nSPS) is 23.1. The van der Waals surface area contributed by atoms with Gasteiger partial charge in [0.15, 0.2) is 0 Å². The van der Waals surface area contributed by atoms with E-state index in [0.29, 0.717) is 5.56 Å². The highest BCUT2D eigenvalue weighted by molar-refractivity contribution is 7.89. The van der Waals surface area contributed by atoms with Gasteiger partial charge in [-0.1, -0.05) is 0 Å². The van der Waals surface area contributed by atoms with E-state index >= 15 is 0 Å². The maximum atomic E-state index is 13.2. The number of nitrogens with one attached hydrogen (secondary N) is 2. The smallest absolute Gasteiger partial charge is 0.240 e. The highest BCUT2D eigenvalue weighted by Gasteiger charge is 2.26. The molecule has 4 nitrogen and oxygen atoms in total. The third kappa shape index (κ3) is 3.91. The van der Waals surface area contributed by atoms with Crippen molar-refractivity contribution in [1.29, 1.82) is 0 Å². The predicted molar refractivity (Wildman–Crippen MR) is 79.2 cm³/mol. The summed E-state index contributed by atoms with van der Waals surface area (Å²) in [5, 5.41) is 3.24. The zero-order chi connectivity index (χ0) is 14.0. The molecule has 7 heteroatoms. The van der Waals surface area contributed by atoms with Crippen LogP contribution in [-0.2, 0) is 10.0 Å². The van der Waals surface area contributed by atoms with Gasteiger partial charge in [-0.25, -0.2) is 17.5 Å². The molecule has 0 spiro atoms. The van der Waals surface area contributed by atoms with Crippen LogP contribution in [0.4, 0.5) is 4.39 Å². The zero-order valence-electron chi connectivity index (χ0n) is 11.5. The SMILES string of the molecule is Cc1cc(S(=O)(=O)NC2CCCNC2C)ccc1F.Cl. The van der Waals surface area contributed by atoms with E-state index in [-0.39, 0.29) is 29.4 Å². The van der Waals surface area contributed by atoms with Gasteiger partial charge in [0.25, 0.3) is 0 Å². The lowest BCUT2D eigenvalue weighted by Crippen LogP contribution is -2.51. The van der Waals surface area contributed by atoms with E-state index in [1.54, 1.807) is 6.92 Å². The summed E-state index contributed by atoms with van der Waals surface area (Å²) in [6, 6.07) is 3.82. The Morgan fingerprint density at radius 2 is 2.10 bits per heavy atom. The first-order valence-corrected chi connectivity index (χ1v) is 7.90. The van der Waals surface area contributed by atoms with E-state index < -0.39 is 15.8 Å². The van der Waals surface area contributed by atoms with Crippen LogP contribution < -0.4 is 10.0 Å². The number of benzene rings is 1. The van der Waals surface area contributed by atoms with Crippen molar-refractivity contribution in [3.63, 3.8) is 0 Å². The third-order valence-corrected chi connectivity index (χ3v) is 5.00. The van der Waals surface area contributed by atoms with E-state index in [2.05, 4.69) is 10.0 Å². The molecule has 1 heterocycles. The molecule has 1 saturated heterocycles. The Bertz CT molecular complexity index is 565. The van der Waals surface area contributed by atoms with Gasteiger partial charge >= 0.3 is 0 Å². The van der Waals surface area contributed by atoms with Crippen LogP contribution in [0, 0.1) is 12.7 Å². The topological polar surface area (TPSA) is 58.2 Å². The molecule has 0 amide bonds. The van der Waals surface area contributed by atoms with Gasteiger partial charge in [0, 0.05) is 12.1 Å². The molecule has 0 aliphatic carbocycles. The lowest BCUT2D eigenvalue weighted by molar-refractivity contribution is 0.349. The van der Waals surface area contributed by atoms with Crippen molar-refractivity contribution in [2.24, 2.45) is 0 Å². The maximum absolute atomic E-state index is 13.2. The molecule has 1 aliphatic heterocycles. The zero-order valence-corrected chi connectivity index (χ0v) is 13.2. The lowest BCUT2D eigenvalue weighted by atomic mass is 10.0. The van der Waals surface area contributed by atoms with E-state index in [0.717, 1.165) is 19.4 Å². The van der Waals surface area contributed by atoms with Gasteiger partial charge in [0.1, 0.15) is 5.82 Å². The Balaban J connectivity index is 0.00000200. The largest absolute Gasteiger partial charge is 0.313 e. The molecule has 0 saturated carbocycles. The third-order valence-electron chi connectivity index (χ3n) is 3.51. The minimum atomic E-state index is -3.59. The van der Waals surface area contributed by atoms with Crippen LogP contribution in [0.1, 0.15) is 25.3 Å². The summed E-state index contributed by atoms with van der Waals surface area (Å²) in [5.74, 6) is -0.397. The number of hydrogen-bond acceptors (Lipinski definition) is 3. The molecular weight excluding hydrogens is 303 g/mol. The second-order valence-corrected chi connectivity index (χ2v) is 6.74. The van der Waals surface area contributed by atoms with Crippen LogP contribution >= 0.6 is 12.4 Å². The van der Waals surface area contributed by atoms with Gasteiger partial charge in [0.2, 0.25) is 10.0 Å². The van der Waals surface area contributed by atoms with Crippen molar-refractivity contribution in [2.75, 3.05) is 6.54 Å². The molecule has 0 radical (unpaired) electrons. The molecule has 1 aromatic carbocycles. The monoisotopic (exact) mass is 322 g/mol. The van der Waals surface area contributed by atoms with Crippen molar-refractivity contribution >= 4 is 22.4 Å². The van der Waals surface area contributed by atoms with E-state index in [1.807, 2.05) is 6.92 Å². The summed E-state index contributed by atoms with van der Waals surface area (Å²) in [7, 11) is -3.59. The molecule has 2 unspecified atom stereocenters. The quantitative estimate of drug-likeness (QED) is 0.894. The van der Waals surface area contributed by atoms with Gasteiger partial charge in [-0.2, -0.15) is 0 Å². The van der Waals surface area contributed by atoms with Crippen molar-refractivity contribution < 1.29 is 12.8 Å². The highest BCUT2D eigenvalue weighted by atomic mass is 35.5. The lowest BCUT2D eigenvalue weighted by Gasteiger charge is -2.30. The second-order valence-electron chi connectivity index (χ2n) is 5.02. The first-order valence-electron chi connectivity index (χ1n) is 6.42. The summed E-state index contributed by atoms with van der Waals surface area (Å²) < 4.78 is 40.4. The Hall–Kier alpha value is -0.690. The van der Waals surface area contributed by atoms with Crippen molar-refractivity contribution in [2.45, 2.75) is 43.7 Å². The molecule has 0 aromatic heterocycles. The Kier molecular flexibility index (Phi) is 5.94. The number of halogens is 2. The maximum Gasteiger partial charge on any atom is 0.240 e. The summed E-state index contributed by atoms with van der Waals surface area (Å²) in [6.45, 7) is 4.43. The van der Waals surface area contributed by atoms with Gasteiger partial charge < -0.3 is 5.32 Å². The Labute approximate surface area is 125 Å². The van der Waals surface area contributed by atoms with Crippen LogP contribution in [0.2, 0.25) is 0 Å². The fourth-order valence-corrected chi connectivity index (χ4v) is 3.69. The summed E-state index contributed by atoms with van der Waals surface area (Å²) >= 11 is 0. The Morgan fingerprint density at radius 3 is 2.70 bits per heavy atom.